The van der Waals surface area contributed by atoms with Crippen molar-refractivity contribution in [2.24, 2.45) is 0 Å². The number of hydrogen-bond donors (Lipinski definition) is 1. The van der Waals surface area contributed by atoms with Gasteiger partial charge in [0, 0.05) is 18.8 Å². The molecule has 0 amide bonds. The topological polar surface area (TPSA) is 83.5 Å². The van der Waals surface area contributed by atoms with Gasteiger partial charge < -0.3 is 0 Å². The number of nitrogens with zero attached hydrogens (tertiary/aromatic N) is 1. The van der Waals surface area contributed by atoms with E-state index in [1.165, 1.54) is 16.4 Å². The Morgan fingerprint density at radius 2 is 1.56 bits per heavy atom. The van der Waals surface area contributed by atoms with E-state index < -0.39 is 20.0 Å². The summed E-state index contributed by atoms with van der Waals surface area (Å²) in [7, 11) is -7.20. The molecule has 0 aliphatic carbocycles. The summed E-state index contributed by atoms with van der Waals surface area (Å²) in [4.78, 5) is 0.106. The van der Waals surface area contributed by atoms with Gasteiger partial charge >= 0.3 is 0 Å². The zero-order valence-corrected chi connectivity index (χ0v) is 15.3. The standard InChI is InChI=1S/C17H20N2O4S2/c20-24(21,14-15-7-2-1-3-8-15)18-16-9-6-10-17(13-16)25(22,23)19-11-4-5-12-19/h1-3,6-10,13,18H,4-5,11-12,14H2. The molecular weight excluding hydrogens is 360 g/mol. The van der Waals surface area contributed by atoms with E-state index in [9.17, 15) is 16.8 Å². The number of hydrogen-bond acceptors (Lipinski definition) is 4. The lowest BCUT2D eigenvalue weighted by atomic mass is 10.2. The van der Waals surface area contributed by atoms with Gasteiger partial charge in [-0.3, -0.25) is 4.72 Å². The van der Waals surface area contributed by atoms with Gasteiger partial charge in [0.05, 0.1) is 10.6 Å². The van der Waals surface area contributed by atoms with Crippen LogP contribution in [0.5, 0.6) is 0 Å². The normalized spacial score (nSPS) is 16.0. The van der Waals surface area contributed by atoms with E-state index in [1.807, 2.05) is 6.07 Å². The van der Waals surface area contributed by atoms with Gasteiger partial charge in [-0.15, -0.1) is 0 Å². The summed E-state index contributed by atoms with van der Waals surface area (Å²) in [5, 5.41) is 0. The molecule has 0 saturated carbocycles. The lowest BCUT2D eigenvalue weighted by Gasteiger charge is -2.16. The zero-order chi connectivity index (χ0) is 17.9. The van der Waals surface area contributed by atoms with Crippen LogP contribution >= 0.6 is 0 Å². The maximum atomic E-state index is 12.6. The number of nitrogens with one attached hydrogen (secondary N) is 1. The molecule has 1 N–H and O–H groups in total. The number of anilines is 1. The maximum absolute atomic E-state index is 12.6. The molecule has 0 bridgehead atoms. The Morgan fingerprint density at radius 3 is 2.24 bits per heavy atom. The van der Waals surface area contributed by atoms with Crippen LogP contribution in [0.15, 0.2) is 59.5 Å². The fourth-order valence-electron chi connectivity index (χ4n) is 2.81. The van der Waals surface area contributed by atoms with Crippen molar-refractivity contribution in [2.45, 2.75) is 23.5 Å². The molecule has 6 nitrogen and oxygen atoms in total. The van der Waals surface area contributed by atoms with E-state index in [1.54, 1.807) is 36.4 Å². The second-order valence-electron chi connectivity index (χ2n) is 5.99. The second kappa shape index (κ2) is 7.15. The lowest BCUT2D eigenvalue weighted by Crippen LogP contribution is -2.28. The predicted molar refractivity (Wildman–Crippen MR) is 97.1 cm³/mol. The third kappa shape index (κ3) is 4.39. The third-order valence-electron chi connectivity index (χ3n) is 4.01. The van der Waals surface area contributed by atoms with Crippen molar-refractivity contribution in [1.29, 1.82) is 0 Å². The van der Waals surface area contributed by atoms with Crippen LogP contribution in [0.3, 0.4) is 0 Å². The summed E-state index contributed by atoms with van der Waals surface area (Å²) < 4.78 is 53.7. The molecule has 0 spiro atoms. The van der Waals surface area contributed by atoms with Crippen molar-refractivity contribution in [3.63, 3.8) is 0 Å². The first kappa shape index (κ1) is 17.9. The molecule has 1 saturated heterocycles. The van der Waals surface area contributed by atoms with Crippen molar-refractivity contribution in [1.82, 2.24) is 4.31 Å². The van der Waals surface area contributed by atoms with E-state index >= 15 is 0 Å². The molecule has 1 heterocycles. The minimum atomic E-state index is -3.63. The van der Waals surface area contributed by atoms with Crippen LogP contribution in [0.1, 0.15) is 18.4 Å². The van der Waals surface area contributed by atoms with Crippen LogP contribution in [0, 0.1) is 0 Å². The summed E-state index contributed by atoms with van der Waals surface area (Å²) in [6.45, 7) is 1.01. The van der Waals surface area contributed by atoms with Crippen LogP contribution in [0.25, 0.3) is 0 Å². The van der Waals surface area contributed by atoms with Crippen LogP contribution in [0.2, 0.25) is 0 Å². The summed E-state index contributed by atoms with van der Waals surface area (Å²) in [6.07, 6.45) is 1.70. The fourth-order valence-corrected chi connectivity index (χ4v) is 5.56. The summed E-state index contributed by atoms with van der Waals surface area (Å²) in [6, 6.07) is 14.8. The van der Waals surface area contributed by atoms with E-state index in [2.05, 4.69) is 4.72 Å². The van der Waals surface area contributed by atoms with Gasteiger partial charge in [0.1, 0.15) is 0 Å². The Balaban J connectivity index is 1.80. The van der Waals surface area contributed by atoms with E-state index in [0.717, 1.165) is 12.8 Å². The molecule has 1 aliphatic rings. The van der Waals surface area contributed by atoms with Crippen LogP contribution < -0.4 is 4.72 Å². The van der Waals surface area contributed by atoms with Gasteiger partial charge in [-0.05, 0) is 36.6 Å². The first-order chi connectivity index (χ1) is 11.9. The number of sulfonamides is 2. The highest BCUT2D eigenvalue weighted by Crippen LogP contribution is 2.23. The molecule has 2 aromatic rings. The Morgan fingerprint density at radius 1 is 0.880 bits per heavy atom. The summed E-state index contributed by atoms with van der Waals surface area (Å²) in [5.41, 5.74) is 0.909. The molecule has 25 heavy (non-hydrogen) atoms. The summed E-state index contributed by atoms with van der Waals surface area (Å²) >= 11 is 0. The molecule has 134 valence electrons. The molecule has 0 atom stereocenters. The molecular formula is C17H20N2O4S2. The SMILES string of the molecule is O=S(=O)(Cc1ccccc1)Nc1cccc(S(=O)(=O)N2CCCC2)c1. The molecule has 1 aliphatic heterocycles. The Kier molecular flexibility index (Phi) is 5.12. The van der Waals surface area contributed by atoms with Crippen molar-refractivity contribution in [3.05, 3.63) is 60.2 Å². The lowest BCUT2D eigenvalue weighted by molar-refractivity contribution is 0.477. The fraction of sp³-hybridized carbons (Fsp3) is 0.294. The molecule has 8 heteroatoms. The van der Waals surface area contributed by atoms with Crippen molar-refractivity contribution < 1.29 is 16.8 Å². The first-order valence-electron chi connectivity index (χ1n) is 8.01. The smallest absolute Gasteiger partial charge is 0.243 e. The average Bonchev–Trinajstić information content (AvgIpc) is 3.10. The second-order valence-corrected chi connectivity index (χ2v) is 9.65. The van der Waals surface area contributed by atoms with Gasteiger partial charge in [-0.2, -0.15) is 4.31 Å². The van der Waals surface area contributed by atoms with E-state index in [0.29, 0.717) is 18.7 Å². The average molecular weight is 380 g/mol. The van der Waals surface area contributed by atoms with Crippen LogP contribution in [0.4, 0.5) is 5.69 Å². The van der Waals surface area contributed by atoms with Crippen molar-refractivity contribution in [2.75, 3.05) is 17.8 Å². The quantitative estimate of drug-likeness (QED) is 0.834. The molecule has 2 aromatic carbocycles. The number of benzene rings is 2. The number of rotatable bonds is 6. The van der Waals surface area contributed by atoms with Gasteiger partial charge in [-0.1, -0.05) is 36.4 Å². The zero-order valence-electron chi connectivity index (χ0n) is 13.6. The molecule has 0 radical (unpaired) electrons. The van der Waals surface area contributed by atoms with Gasteiger partial charge in [0.25, 0.3) is 0 Å². The van der Waals surface area contributed by atoms with E-state index in [4.69, 9.17) is 0 Å². The third-order valence-corrected chi connectivity index (χ3v) is 7.16. The highest BCUT2D eigenvalue weighted by molar-refractivity contribution is 7.92. The highest BCUT2D eigenvalue weighted by atomic mass is 32.2. The molecule has 0 unspecified atom stereocenters. The monoisotopic (exact) mass is 380 g/mol. The van der Waals surface area contributed by atoms with Gasteiger partial charge in [-0.25, -0.2) is 16.8 Å². The highest BCUT2D eigenvalue weighted by Gasteiger charge is 2.27. The Hall–Kier alpha value is -1.90. The molecule has 3 rings (SSSR count). The minimum Gasteiger partial charge on any atom is -0.283 e. The van der Waals surface area contributed by atoms with Crippen LogP contribution in [-0.2, 0) is 25.8 Å². The minimum absolute atomic E-state index is 0.106. The van der Waals surface area contributed by atoms with E-state index in [-0.39, 0.29) is 16.3 Å². The van der Waals surface area contributed by atoms with Crippen LogP contribution in [-0.4, -0.2) is 34.2 Å². The maximum Gasteiger partial charge on any atom is 0.243 e. The van der Waals surface area contributed by atoms with Gasteiger partial charge in [0.2, 0.25) is 20.0 Å². The van der Waals surface area contributed by atoms with Crippen molar-refractivity contribution in [3.8, 4) is 0 Å². The predicted octanol–water partition coefficient (Wildman–Crippen LogP) is 2.41. The molecule has 1 fully saturated rings. The molecule has 0 aromatic heterocycles. The Labute approximate surface area is 148 Å². The van der Waals surface area contributed by atoms with Crippen molar-refractivity contribution >= 4 is 25.7 Å². The Bertz CT molecular complexity index is 936. The largest absolute Gasteiger partial charge is 0.283 e. The summed E-state index contributed by atoms with van der Waals surface area (Å²) in [5.74, 6) is -0.170. The first-order valence-corrected chi connectivity index (χ1v) is 11.1. The van der Waals surface area contributed by atoms with Gasteiger partial charge in [0.15, 0.2) is 0 Å².